The number of ether oxygens (including phenoxy) is 8. The van der Waals surface area contributed by atoms with Crippen LogP contribution in [0.5, 0.6) is 46.0 Å². The average Bonchev–Trinajstić information content (AvgIpc) is 4.15. The first-order valence-electron chi connectivity index (χ1n) is 20.1. The minimum absolute atomic E-state index is 0.214. The van der Waals surface area contributed by atoms with Crippen LogP contribution in [0.3, 0.4) is 0 Å². The first kappa shape index (κ1) is 38.3. The number of hydrogen-bond donors (Lipinski definition) is 6. The van der Waals surface area contributed by atoms with E-state index >= 15 is 0 Å². The summed E-state index contributed by atoms with van der Waals surface area (Å²) >= 11 is 0. The summed E-state index contributed by atoms with van der Waals surface area (Å²) in [7, 11) is 0. The lowest BCUT2D eigenvalue weighted by Crippen LogP contribution is -2.15. The van der Waals surface area contributed by atoms with Crippen LogP contribution in [0.1, 0.15) is 35.1 Å². The largest absolute Gasteiger partial charge is 0.454 e. The molecular formula is C42H42N12O8. The van der Waals surface area contributed by atoms with Crippen LogP contribution in [0.25, 0.3) is 0 Å². The summed E-state index contributed by atoms with van der Waals surface area (Å²) in [5.74, 6) is 8.27. The quantitative estimate of drug-likeness (QED) is 0.0536. The van der Waals surface area contributed by atoms with E-state index in [2.05, 4.69) is 61.8 Å². The van der Waals surface area contributed by atoms with Crippen molar-refractivity contribution in [1.29, 1.82) is 0 Å². The van der Waals surface area contributed by atoms with Crippen LogP contribution in [0.15, 0.2) is 72.8 Å². The Morgan fingerprint density at radius 3 is 0.823 bits per heavy atom. The Balaban J connectivity index is 0.762. The van der Waals surface area contributed by atoms with E-state index in [1.165, 1.54) is 0 Å². The predicted molar refractivity (Wildman–Crippen MR) is 225 cm³/mol. The summed E-state index contributed by atoms with van der Waals surface area (Å²) in [5.41, 5.74) is 3.96. The SMILES string of the molecule is c1cc2c(cc1CNc1nc(NCCCCNc3nc(NCc4ccc5c(c4)OCO5)nc(NCc4ccc5c(c4)OCO5)n3)nc(NCc3ccc4c(c3)OCO4)n1)OCO2. The van der Waals surface area contributed by atoms with Crippen LogP contribution in [0.2, 0.25) is 0 Å². The van der Waals surface area contributed by atoms with Gasteiger partial charge in [-0.1, -0.05) is 24.3 Å². The van der Waals surface area contributed by atoms with E-state index in [0.29, 0.717) is 98.0 Å². The summed E-state index contributed by atoms with van der Waals surface area (Å²) in [6, 6.07) is 23.2. The van der Waals surface area contributed by atoms with Crippen molar-refractivity contribution in [3.05, 3.63) is 95.1 Å². The van der Waals surface area contributed by atoms with Gasteiger partial charge in [0.1, 0.15) is 0 Å². The predicted octanol–water partition coefficient (Wildman–Crippen LogP) is 5.72. The van der Waals surface area contributed by atoms with Crippen LogP contribution in [0, 0.1) is 0 Å². The number of unbranched alkanes of at least 4 members (excludes halogenated alkanes) is 1. The maximum atomic E-state index is 5.55. The molecule has 0 spiro atoms. The number of rotatable bonds is 19. The van der Waals surface area contributed by atoms with Crippen molar-refractivity contribution in [2.75, 3.05) is 72.2 Å². The van der Waals surface area contributed by atoms with Crippen molar-refractivity contribution in [3.8, 4) is 46.0 Å². The van der Waals surface area contributed by atoms with Gasteiger partial charge in [0.15, 0.2) is 46.0 Å². The second-order valence-corrected chi connectivity index (χ2v) is 14.3. The molecule has 2 aromatic heterocycles. The molecule has 0 bridgehead atoms. The third-order valence-corrected chi connectivity index (χ3v) is 9.99. The fourth-order valence-corrected chi connectivity index (χ4v) is 6.80. The molecule has 6 heterocycles. The van der Waals surface area contributed by atoms with E-state index in [4.69, 9.17) is 37.9 Å². The second-order valence-electron chi connectivity index (χ2n) is 14.3. The lowest BCUT2D eigenvalue weighted by atomic mass is 10.2. The molecule has 6 N–H and O–H groups in total. The zero-order valence-electron chi connectivity index (χ0n) is 33.4. The number of nitrogens with one attached hydrogen (secondary N) is 6. The number of hydrogen-bond acceptors (Lipinski definition) is 20. The van der Waals surface area contributed by atoms with E-state index in [-0.39, 0.29) is 27.2 Å². The van der Waals surface area contributed by atoms with E-state index < -0.39 is 0 Å². The highest BCUT2D eigenvalue weighted by Gasteiger charge is 2.18. The van der Waals surface area contributed by atoms with Crippen LogP contribution >= 0.6 is 0 Å². The average molecular weight is 843 g/mol. The third-order valence-electron chi connectivity index (χ3n) is 9.99. The van der Waals surface area contributed by atoms with Crippen LogP contribution in [-0.2, 0) is 26.2 Å². The Bertz CT molecular complexity index is 2230. The van der Waals surface area contributed by atoms with Gasteiger partial charge >= 0.3 is 0 Å². The zero-order chi connectivity index (χ0) is 41.5. The van der Waals surface area contributed by atoms with Crippen molar-refractivity contribution < 1.29 is 37.9 Å². The van der Waals surface area contributed by atoms with Gasteiger partial charge in [-0.3, -0.25) is 0 Å². The molecule has 20 heteroatoms. The van der Waals surface area contributed by atoms with E-state index in [9.17, 15) is 0 Å². The molecule has 6 aromatic rings. The lowest BCUT2D eigenvalue weighted by molar-refractivity contribution is 0.173. The topological polar surface area (TPSA) is 223 Å². The summed E-state index contributed by atoms with van der Waals surface area (Å²) in [6.45, 7) is 3.94. The van der Waals surface area contributed by atoms with Gasteiger partial charge in [-0.2, -0.15) is 29.9 Å². The molecule has 0 aliphatic carbocycles. The molecule has 0 saturated carbocycles. The number of nitrogens with zero attached hydrogens (tertiary/aromatic N) is 6. The van der Waals surface area contributed by atoms with Gasteiger partial charge in [0, 0.05) is 39.3 Å². The molecule has 10 rings (SSSR count). The molecule has 62 heavy (non-hydrogen) atoms. The Kier molecular flexibility index (Phi) is 11.0. The molecule has 20 nitrogen and oxygen atoms in total. The first-order valence-corrected chi connectivity index (χ1v) is 20.1. The molecule has 0 atom stereocenters. The Morgan fingerprint density at radius 2 is 0.548 bits per heavy atom. The Hall–Kier alpha value is -7.90. The molecule has 4 aliphatic heterocycles. The molecule has 0 fully saturated rings. The highest BCUT2D eigenvalue weighted by Crippen LogP contribution is 2.35. The highest BCUT2D eigenvalue weighted by atomic mass is 16.7. The van der Waals surface area contributed by atoms with Gasteiger partial charge in [0.25, 0.3) is 0 Å². The molecule has 4 aliphatic rings. The molecule has 318 valence electrons. The molecule has 0 amide bonds. The third kappa shape index (κ3) is 9.28. The molecule has 4 aromatic carbocycles. The van der Waals surface area contributed by atoms with Crippen molar-refractivity contribution in [2.24, 2.45) is 0 Å². The number of fused-ring (bicyclic) bond motifs is 4. The summed E-state index contributed by atoms with van der Waals surface area (Å²) < 4.78 is 44.0. The Labute approximate surface area is 355 Å². The summed E-state index contributed by atoms with van der Waals surface area (Å²) in [5, 5.41) is 20.0. The standard InChI is InChI=1S/C42H42N12O8/c1(11-43-37-49-39(45-17-25-3-7-29-33(13-25)59-21-55-29)53-40(50-37)46-18-26-4-8-30-34(14-26)60-22-56-30)2-12-44-38-51-41(47-19-27-5-9-31-35(15-27)61-23-57-31)54-42(52-38)48-20-28-6-10-32-36(16-28)62-24-58-32/h3-10,13-16H,1-2,11-12,17-24H2,(H3,43,45,46,49,50,53)(H3,44,47,48,51,52,54). The van der Waals surface area contributed by atoms with Gasteiger partial charge in [-0.15, -0.1) is 0 Å². The zero-order valence-corrected chi connectivity index (χ0v) is 33.4. The molecule has 0 radical (unpaired) electrons. The van der Waals surface area contributed by atoms with Crippen LogP contribution in [0.4, 0.5) is 35.7 Å². The maximum Gasteiger partial charge on any atom is 0.231 e. The minimum Gasteiger partial charge on any atom is -0.454 e. The van der Waals surface area contributed by atoms with Crippen LogP contribution < -0.4 is 69.8 Å². The number of anilines is 6. The van der Waals surface area contributed by atoms with E-state index in [1.54, 1.807) is 0 Å². The monoisotopic (exact) mass is 842 g/mol. The van der Waals surface area contributed by atoms with Gasteiger partial charge in [0.2, 0.25) is 62.9 Å². The normalized spacial score (nSPS) is 13.5. The molecule has 0 saturated heterocycles. The second kappa shape index (κ2) is 17.8. The van der Waals surface area contributed by atoms with Crippen molar-refractivity contribution in [2.45, 2.75) is 39.0 Å². The Morgan fingerprint density at radius 1 is 0.306 bits per heavy atom. The molecular weight excluding hydrogens is 801 g/mol. The lowest BCUT2D eigenvalue weighted by Gasteiger charge is -2.13. The van der Waals surface area contributed by atoms with Crippen molar-refractivity contribution >= 4 is 35.7 Å². The number of benzene rings is 4. The maximum absolute atomic E-state index is 5.55. The summed E-state index contributed by atoms with van der Waals surface area (Å²) in [4.78, 5) is 27.9. The fourth-order valence-electron chi connectivity index (χ4n) is 6.80. The van der Waals surface area contributed by atoms with Crippen LogP contribution in [-0.4, -0.2) is 70.2 Å². The van der Waals surface area contributed by atoms with E-state index in [1.807, 2.05) is 72.8 Å². The van der Waals surface area contributed by atoms with Gasteiger partial charge < -0.3 is 69.8 Å². The fraction of sp³-hybridized carbons (Fsp3) is 0.286. The smallest absolute Gasteiger partial charge is 0.231 e. The molecule has 0 unspecified atom stereocenters. The van der Waals surface area contributed by atoms with E-state index in [0.717, 1.165) is 58.1 Å². The van der Waals surface area contributed by atoms with Crippen molar-refractivity contribution in [3.63, 3.8) is 0 Å². The van der Waals surface area contributed by atoms with Gasteiger partial charge in [-0.05, 0) is 83.6 Å². The number of aromatic nitrogens is 6. The van der Waals surface area contributed by atoms with Gasteiger partial charge in [0.05, 0.1) is 0 Å². The minimum atomic E-state index is 0.214. The van der Waals surface area contributed by atoms with Gasteiger partial charge in [-0.25, -0.2) is 0 Å². The first-order chi connectivity index (χ1) is 30.6. The summed E-state index contributed by atoms with van der Waals surface area (Å²) in [6.07, 6.45) is 1.60. The highest BCUT2D eigenvalue weighted by molar-refractivity contribution is 5.50. The van der Waals surface area contributed by atoms with Crippen molar-refractivity contribution in [1.82, 2.24) is 29.9 Å².